The van der Waals surface area contributed by atoms with Crippen molar-refractivity contribution in [2.24, 2.45) is 5.92 Å². The standard InChI is InChI=1S/C20H22N4O/c1-11(2)20(25)24-17-8-16-12(3)6-18(23-19(16)7-13(17)4)15-9-21-14(5)22-10-15/h6-11H,1-5H3,(H,24,25). The van der Waals surface area contributed by atoms with Gasteiger partial charge in [-0.2, -0.15) is 0 Å². The molecule has 0 spiro atoms. The van der Waals surface area contributed by atoms with E-state index in [9.17, 15) is 4.79 Å². The number of fused-ring (bicyclic) bond motifs is 1. The van der Waals surface area contributed by atoms with E-state index in [0.717, 1.165) is 44.8 Å². The van der Waals surface area contributed by atoms with Gasteiger partial charge in [0.2, 0.25) is 5.91 Å². The summed E-state index contributed by atoms with van der Waals surface area (Å²) < 4.78 is 0. The molecule has 0 saturated carbocycles. The highest BCUT2D eigenvalue weighted by atomic mass is 16.1. The molecule has 0 saturated heterocycles. The maximum Gasteiger partial charge on any atom is 0.226 e. The molecule has 0 bridgehead atoms. The van der Waals surface area contributed by atoms with Gasteiger partial charge in [0.25, 0.3) is 0 Å². The average Bonchev–Trinajstić information content (AvgIpc) is 2.56. The molecular weight excluding hydrogens is 312 g/mol. The number of carbonyl (C=O) groups excluding carboxylic acids is 1. The minimum Gasteiger partial charge on any atom is -0.326 e. The van der Waals surface area contributed by atoms with Gasteiger partial charge in [-0.25, -0.2) is 15.0 Å². The van der Waals surface area contributed by atoms with Crippen LogP contribution in [0.4, 0.5) is 5.69 Å². The fraction of sp³-hybridized carbons (Fsp3) is 0.300. The van der Waals surface area contributed by atoms with E-state index >= 15 is 0 Å². The van der Waals surface area contributed by atoms with Crippen LogP contribution >= 0.6 is 0 Å². The van der Waals surface area contributed by atoms with E-state index < -0.39 is 0 Å². The normalized spacial score (nSPS) is 11.1. The molecule has 1 amide bonds. The summed E-state index contributed by atoms with van der Waals surface area (Å²) in [5.41, 5.74) is 5.57. The highest BCUT2D eigenvalue weighted by Gasteiger charge is 2.12. The molecule has 2 heterocycles. The van der Waals surface area contributed by atoms with Crippen LogP contribution in [0.1, 0.15) is 30.8 Å². The smallest absolute Gasteiger partial charge is 0.226 e. The summed E-state index contributed by atoms with van der Waals surface area (Å²) >= 11 is 0. The van der Waals surface area contributed by atoms with E-state index in [4.69, 9.17) is 4.98 Å². The molecule has 0 unspecified atom stereocenters. The van der Waals surface area contributed by atoms with Crippen LogP contribution in [-0.2, 0) is 4.79 Å². The van der Waals surface area contributed by atoms with E-state index in [1.54, 1.807) is 12.4 Å². The number of hydrogen-bond donors (Lipinski definition) is 1. The number of carbonyl (C=O) groups is 1. The van der Waals surface area contributed by atoms with Gasteiger partial charge < -0.3 is 5.32 Å². The Labute approximate surface area is 147 Å². The molecule has 0 aliphatic carbocycles. The summed E-state index contributed by atoms with van der Waals surface area (Å²) in [5, 5.41) is 4.02. The second-order valence-electron chi connectivity index (χ2n) is 6.67. The van der Waals surface area contributed by atoms with Crippen LogP contribution in [0, 0.1) is 26.7 Å². The number of nitrogens with zero attached hydrogens (tertiary/aromatic N) is 3. The van der Waals surface area contributed by atoms with Crippen LogP contribution in [0.2, 0.25) is 0 Å². The third-order valence-corrected chi connectivity index (χ3v) is 4.22. The van der Waals surface area contributed by atoms with E-state index in [0.29, 0.717) is 0 Å². The van der Waals surface area contributed by atoms with Gasteiger partial charge in [-0.1, -0.05) is 13.8 Å². The van der Waals surface area contributed by atoms with Gasteiger partial charge in [0, 0.05) is 34.9 Å². The van der Waals surface area contributed by atoms with Gasteiger partial charge in [-0.05, 0) is 50.1 Å². The van der Waals surface area contributed by atoms with Crippen LogP contribution in [0.15, 0.2) is 30.6 Å². The van der Waals surface area contributed by atoms with Crippen molar-refractivity contribution in [3.8, 4) is 11.3 Å². The number of rotatable bonds is 3. The summed E-state index contributed by atoms with van der Waals surface area (Å²) in [6.07, 6.45) is 3.58. The zero-order chi connectivity index (χ0) is 18.1. The van der Waals surface area contributed by atoms with Gasteiger partial charge >= 0.3 is 0 Å². The second kappa shape index (κ2) is 6.59. The highest BCUT2D eigenvalue weighted by molar-refractivity contribution is 5.97. The van der Waals surface area contributed by atoms with Gasteiger partial charge in [0.1, 0.15) is 5.82 Å². The first-order valence-corrected chi connectivity index (χ1v) is 8.37. The van der Waals surface area contributed by atoms with Crippen LogP contribution < -0.4 is 5.32 Å². The fourth-order valence-corrected chi connectivity index (χ4v) is 2.63. The molecule has 0 aliphatic heterocycles. The van der Waals surface area contributed by atoms with Crippen molar-refractivity contribution in [1.82, 2.24) is 15.0 Å². The largest absolute Gasteiger partial charge is 0.326 e. The van der Waals surface area contributed by atoms with E-state index in [2.05, 4.69) is 15.3 Å². The van der Waals surface area contributed by atoms with E-state index in [1.165, 1.54) is 0 Å². The fourth-order valence-electron chi connectivity index (χ4n) is 2.63. The van der Waals surface area contributed by atoms with Crippen LogP contribution in [-0.4, -0.2) is 20.9 Å². The molecule has 0 fully saturated rings. The maximum atomic E-state index is 12.0. The summed E-state index contributed by atoms with van der Waals surface area (Å²) in [6, 6.07) is 6.04. The number of hydrogen-bond acceptors (Lipinski definition) is 4. The highest BCUT2D eigenvalue weighted by Crippen LogP contribution is 2.28. The lowest BCUT2D eigenvalue weighted by Crippen LogP contribution is -2.18. The SMILES string of the molecule is Cc1ncc(-c2cc(C)c3cc(NC(=O)C(C)C)c(C)cc3n2)cn1. The lowest BCUT2D eigenvalue weighted by atomic mass is 10.0. The van der Waals surface area contributed by atoms with Gasteiger partial charge in [0.05, 0.1) is 11.2 Å². The summed E-state index contributed by atoms with van der Waals surface area (Å²) in [6.45, 7) is 9.65. The number of benzene rings is 1. The van der Waals surface area contributed by atoms with Crippen molar-refractivity contribution >= 4 is 22.5 Å². The van der Waals surface area contributed by atoms with Crippen molar-refractivity contribution in [1.29, 1.82) is 0 Å². The second-order valence-corrected chi connectivity index (χ2v) is 6.67. The predicted octanol–water partition coefficient (Wildman–Crippen LogP) is 4.21. The third-order valence-electron chi connectivity index (χ3n) is 4.22. The predicted molar refractivity (Wildman–Crippen MR) is 100 cm³/mol. The Morgan fingerprint density at radius 2 is 1.68 bits per heavy atom. The lowest BCUT2D eigenvalue weighted by molar-refractivity contribution is -0.118. The molecule has 2 aromatic heterocycles. The molecule has 0 atom stereocenters. The first-order valence-electron chi connectivity index (χ1n) is 8.37. The van der Waals surface area contributed by atoms with Crippen LogP contribution in [0.25, 0.3) is 22.2 Å². The molecule has 5 heteroatoms. The van der Waals surface area contributed by atoms with Crippen molar-refractivity contribution in [2.45, 2.75) is 34.6 Å². The number of aromatic nitrogens is 3. The quantitative estimate of drug-likeness (QED) is 0.779. The maximum absolute atomic E-state index is 12.0. The van der Waals surface area contributed by atoms with Crippen LogP contribution in [0.5, 0.6) is 0 Å². The van der Waals surface area contributed by atoms with Gasteiger partial charge in [0.15, 0.2) is 0 Å². The molecule has 3 rings (SSSR count). The Hall–Kier alpha value is -2.82. The van der Waals surface area contributed by atoms with Gasteiger partial charge in [-0.3, -0.25) is 4.79 Å². The number of pyridine rings is 1. The molecule has 1 aromatic carbocycles. The number of amides is 1. The van der Waals surface area contributed by atoms with Crippen molar-refractivity contribution < 1.29 is 4.79 Å². The Balaban J connectivity index is 2.07. The third kappa shape index (κ3) is 3.50. The molecule has 5 nitrogen and oxygen atoms in total. The molecule has 128 valence electrons. The zero-order valence-electron chi connectivity index (χ0n) is 15.2. The Kier molecular flexibility index (Phi) is 4.49. The molecular formula is C20H22N4O. The van der Waals surface area contributed by atoms with E-state index in [1.807, 2.05) is 52.8 Å². The van der Waals surface area contributed by atoms with Crippen molar-refractivity contribution in [3.63, 3.8) is 0 Å². The lowest BCUT2D eigenvalue weighted by Gasteiger charge is -2.13. The molecule has 3 aromatic rings. The Morgan fingerprint density at radius 3 is 2.32 bits per heavy atom. The zero-order valence-corrected chi connectivity index (χ0v) is 15.2. The topological polar surface area (TPSA) is 67.8 Å². The minimum absolute atomic E-state index is 0.0153. The molecule has 0 radical (unpaired) electrons. The average molecular weight is 334 g/mol. The minimum atomic E-state index is -0.0572. The molecule has 1 N–H and O–H groups in total. The van der Waals surface area contributed by atoms with Crippen LogP contribution in [0.3, 0.4) is 0 Å². The number of nitrogens with one attached hydrogen (secondary N) is 1. The number of aryl methyl sites for hydroxylation is 3. The van der Waals surface area contributed by atoms with E-state index in [-0.39, 0.29) is 11.8 Å². The number of anilines is 1. The summed E-state index contributed by atoms with van der Waals surface area (Å²) in [5.74, 6) is 0.697. The Morgan fingerprint density at radius 1 is 1.00 bits per heavy atom. The summed E-state index contributed by atoms with van der Waals surface area (Å²) in [4.78, 5) is 25.3. The van der Waals surface area contributed by atoms with Gasteiger partial charge in [-0.15, -0.1) is 0 Å². The first kappa shape index (κ1) is 17.0. The summed E-state index contributed by atoms with van der Waals surface area (Å²) in [7, 11) is 0. The molecule has 0 aliphatic rings. The van der Waals surface area contributed by atoms with Crippen molar-refractivity contribution in [2.75, 3.05) is 5.32 Å². The monoisotopic (exact) mass is 334 g/mol. The Bertz CT molecular complexity index is 946. The molecule has 25 heavy (non-hydrogen) atoms. The first-order chi connectivity index (χ1) is 11.8. The van der Waals surface area contributed by atoms with Crippen molar-refractivity contribution in [3.05, 3.63) is 47.5 Å².